The number of pyridine rings is 1. The average Bonchev–Trinajstić information content (AvgIpc) is 3.18. The summed E-state index contributed by atoms with van der Waals surface area (Å²) in [5.74, 6) is 0.0735. The number of benzene rings is 1. The van der Waals surface area contributed by atoms with Gasteiger partial charge in [-0.3, -0.25) is 19.1 Å². The number of para-hydroxylation sites is 1. The topological polar surface area (TPSA) is 68.1 Å². The summed E-state index contributed by atoms with van der Waals surface area (Å²) in [6.45, 7) is 1.10. The molecule has 1 atom stereocenters. The van der Waals surface area contributed by atoms with Crippen LogP contribution in [0, 0.1) is 0 Å². The van der Waals surface area contributed by atoms with Gasteiger partial charge in [-0.1, -0.05) is 12.1 Å². The molecule has 6 heteroatoms. The molecule has 0 radical (unpaired) electrons. The van der Waals surface area contributed by atoms with E-state index >= 15 is 0 Å². The number of fused-ring (bicyclic) bond motifs is 1. The van der Waals surface area contributed by atoms with E-state index < -0.39 is 0 Å². The van der Waals surface area contributed by atoms with Crippen LogP contribution in [0.4, 0.5) is 0 Å². The molecule has 0 bridgehead atoms. The van der Waals surface area contributed by atoms with Crippen LogP contribution in [-0.2, 0) is 11.3 Å². The number of hydrogen-bond donors (Lipinski definition) is 0. The Labute approximate surface area is 151 Å². The van der Waals surface area contributed by atoms with Crippen molar-refractivity contribution in [2.24, 2.45) is 0 Å². The van der Waals surface area contributed by atoms with E-state index in [0.29, 0.717) is 23.9 Å². The van der Waals surface area contributed by atoms with Gasteiger partial charge < -0.3 is 4.90 Å². The van der Waals surface area contributed by atoms with Gasteiger partial charge >= 0.3 is 0 Å². The molecule has 1 fully saturated rings. The minimum absolute atomic E-state index is 0.0735. The molecule has 1 amide bonds. The lowest BCUT2D eigenvalue weighted by atomic mass is 10.1. The van der Waals surface area contributed by atoms with Crippen LogP contribution in [0.2, 0.25) is 0 Å². The summed E-state index contributed by atoms with van der Waals surface area (Å²) in [6, 6.07) is 11.3. The van der Waals surface area contributed by atoms with Gasteiger partial charge in [0.05, 0.1) is 23.3 Å². The third kappa shape index (κ3) is 3.10. The molecule has 1 aliphatic heterocycles. The molecule has 3 aromatic rings. The zero-order valence-electron chi connectivity index (χ0n) is 14.4. The molecule has 1 saturated heterocycles. The lowest BCUT2D eigenvalue weighted by molar-refractivity contribution is -0.132. The maximum atomic E-state index is 12.8. The van der Waals surface area contributed by atoms with E-state index in [1.54, 1.807) is 18.5 Å². The highest BCUT2D eigenvalue weighted by Crippen LogP contribution is 2.31. The summed E-state index contributed by atoms with van der Waals surface area (Å²) in [6.07, 6.45) is 7.31. The molecule has 0 unspecified atom stereocenters. The zero-order chi connectivity index (χ0) is 17.9. The van der Waals surface area contributed by atoms with Crippen LogP contribution in [0.15, 0.2) is 59.9 Å². The smallest absolute Gasteiger partial charge is 0.261 e. The van der Waals surface area contributed by atoms with Crippen LogP contribution >= 0.6 is 0 Å². The average molecular weight is 348 g/mol. The van der Waals surface area contributed by atoms with Gasteiger partial charge in [-0.2, -0.15) is 0 Å². The second-order valence-corrected chi connectivity index (χ2v) is 6.54. The monoisotopic (exact) mass is 348 g/mol. The lowest BCUT2D eigenvalue weighted by Gasteiger charge is -2.25. The van der Waals surface area contributed by atoms with E-state index in [-0.39, 0.29) is 17.5 Å². The Kier molecular flexibility index (Phi) is 4.48. The van der Waals surface area contributed by atoms with Crippen LogP contribution in [0.3, 0.4) is 0 Å². The number of amides is 1. The fraction of sp³-hybridized carbons (Fsp3) is 0.300. The first kappa shape index (κ1) is 16.4. The Balaban J connectivity index is 1.49. The second kappa shape index (κ2) is 7.07. The van der Waals surface area contributed by atoms with Gasteiger partial charge in [-0.05, 0) is 42.7 Å². The molecular weight excluding hydrogens is 328 g/mol. The standard InChI is InChI=1S/C20H20N4O2/c25-19(24-12-3-6-18(24)15-7-10-21-11-8-15)9-13-23-14-22-17-5-2-1-4-16(17)20(23)26/h1-2,4-5,7-8,10-11,14,18H,3,6,9,12-13H2/t18-/m1/s1. The number of hydrogen-bond acceptors (Lipinski definition) is 4. The third-order valence-electron chi connectivity index (χ3n) is 4.96. The summed E-state index contributed by atoms with van der Waals surface area (Å²) in [7, 11) is 0. The molecule has 2 aromatic heterocycles. The first-order chi connectivity index (χ1) is 12.7. The number of aryl methyl sites for hydroxylation is 1. The molecule has 0 spiro atoms. The first-order valence-corrected chi connectivity index (χ1v) is 8.87. The fourth-order valence-corrected chi connectivity index (χ4v) is 3.62. The molecule has 132 valence electrons. The number of carbonyl (C=O) groups is 1. The Morgan fingerprint density at radius 2 is 1.96 bits per heavy atom. The van der Waals surface area contributed by atoms with Crippen molar-refractivity contribution in [1.82, 2.24) is 19.4 Å². The van der Waals surface area contributed by atoms with Crippen LogP contribution in [-0.4, -0.2) is 31.9 Å². The quantitative estimate of drug-likeness (QED) is 0.727. The van der Waals surface area contributed by atoms with Gasteiger partial charge in [0.1, 0.15) is 0 Å². The van der Waals surface area contributed by atoms with Crippen LogP contribution in [0.5, 0.6) is 0 Å². The Bertz CT molecular complexity index is 984. The minimum Gasteiger partial charge on any atom is -0.336 e. The van der Waals surface area contributed by atoms with Crippen LogP contribution < -0.4 is 5.56 Å². The van der Waals surface area contributed by atoms with Crippen LogP contribution in [0.1, 0.15) is 30.9 Å². The summed E-state index contributed by atoms with van der Waals surface area (Å²) in [5.41, 5.74) is 1.70. The summed E-state index contributed by atoms with van der Waals surface area (Å²) in [4.78, 5) is 35.6. The number of likely N-dealkylation sites (tertiary alicyclic amines) is 1. The second-order valence-electron chi connectivity index (χ2n) is 6.54. The Hall–Kier alpha value is -3.02. The molecule has 1 aliphatic rings. The van der Waals surface area contributed by atoms with Gasteiger partial charge in [0.15, 0.2) is 0 Å². The van der Waals surface area contributed by atoms with Crippen molar-refractivity contribution in [3.63, 3.8) is 0 Å². The predicted molar refractivity (Wildman–Crippen MR) is 98.5 cm³/mol. The van der Waals surface area contributed by atoms with Crippen molar-refractivity contribution >= 4 is 16.8 Å². The number of rotatable bonds is 4. The molecule has 26 heavy (non-hydrogen) atoms. The highest BCUT2D eigenvalue weighted by molar-refractivity contribution is 5.78. The van der Waals surface area contributed by atoms with Crippen molar-refractivity contribution in [3.05, 3.63) is 71.0 Å². The minimum atomic E-state index is -0.101. The number of nitrogens with zero attached hydrogens (tertiary/aromatic N) is 4. The van der Waals surface area contributed by atoms with Crippen molar-refractivity contribution in [2.75, 3.05) is 6.54 Å². The zero-order valence-corrected chi connectivity index (χ0v) is 14.4. The van der Waals surface area contributed by atoms with Crippen molar-refractivity contribution < 1.29 is 4.79 Å². The van der Waals surface area contributed by atoms with Crippen molar-refractivity contribution in [2.45, 2.75) is 31.8 Å². The van der Waals surface area contributed by atoms with E-state index in [1.807, 2.05) is 35.2 Å². The Morgan fingerprint density at radius 1 is 1.15 bits per heavy atom. The van der Waals surface area contributed by atoms with E-state index in [4.69, 9.17) is 0 Å². The number of aromatic nitrogens is 3. The molecule has 0 N–H and O–H groups in total. The highest BCUT2D eigenvalue weighted by atomic mass is 16.2. The number of carbonyl (C=O) groups excluding carboxylic acids is 1. The largest absolute Gasteiger partial charge is 0.336 e. The maximum absolute atomic E-state index is 12.8. The molecular formula is C20H20N4O2. The highest BCUT2D eigenvalue weighted by Gasteiger charge is 2.29. The third-order valence-corrected chi connectivity index (χ3v) is 4.96. The van der Waals surface area contributed by atoms with Gasteiger partial charge in [0, 0.05) is 31.9 Å². The first-order valence-electron chi connectivity index (χ1n) is 8.87. The van der Waals surface area contributed by atoms with E-state index in [1.165, 1.54) is 10.9 Å². The van der Waals surface area contributed by atoms with Gasteiger partial charge in [0.25, 0.3) is 5.56 Å². The molecule has 0 aliphatic carbocycles. The summed E-state index contributed by atoms with van der Waals surface area (Å²) in [5, 5.41) is 0.582. The molecule has 1 aromatic carbocycles. The van der Waals surface area contributed by atoms with Gasteiger partial charge in [-0.15, -0.1) is 0 Å². The fourth-order valence-electron chi connectivity index (χ4n) is 3.62. The van der Waals surface area contributed by atoms with Crippen molar-refractivity contribution in [3.8, 4) is 0 Å². The van der Waals surface area contributed by atoms with Crippen molar-refractivity contribution in [1.29, 1.82) is 0 Å². The Morgan fingerprint density at radius 3 is 2.81 bits per heavy atom. The van der Waals surface area contributed by atoms with E-state index in [9.17, 15) is 9.59 Å². The lowest BCUT2D eigenvalue weighted by Crippen LogP contribution is -2.32. The molecule has 4 rings (SSSR count). The summed E-state index contributed by atoms with van der Waals surface area (Å²) < 4.78 is 1.53. The van der Waals surface area contributed by atoms with E-state index in [0.717, 1.165) is 24.9 Å². The SMILES string of the molecule is O=C(CCn1cnc2ccccc2c1=O)N1CCC[C@@H]1c1ccncc1. The molecule has 3 heterocycles. The van der Waals surface area contributed by atoms with Crippen LogP contribution in [0.25, 0.3) is 10.9 Å². The molecule has 0 saturated carbocycles. The van der Waals surface area contributed by atoms with E-state index in [2.05, 4.69) is 9.97 Å². The summed E-state index contributed by atoms with van der Waals surface area (Å²) >= 11 is 0. The van der Waals surface area contributed by atoms with Gasteiger partial charge in [-0.25, -0.2) is 4.98 Å². The molecule has 6 nitrogen and oxygen atoms in total. The predicted octanol–water partition coefficient (Wildman–Crippen LogP) is 2.55. The maximum Gasteiger partial charge on any atom is 0.261 e. The normalized spacial score (nSPS) is 16.9. The van der Waals surface area contributed by atoms with Gasteiger partial charge in [0.2, 0.25) is 5.91 Å².